The third-order valence-electron chi connectivity index (χ3n) is 5.30. The van der Waals surface area contributed by atoms with Crippen LogP contribution in [0.4, 0.5) is 5.88 Å². The SMILES string of the molecule is Cc1cccc(-c2noc(NC(=O)CCc3cccc(Cl)c3)c2-c2ccncc2)c1C. The molecule has 156 valence electrons. The Kier molecular flexibility index (Phi) is 6.14. The zero-order valence-corrected chi connectivity index (χ0v) is 18.1. The monoisotopic (exact) mass is 431 g/mol. The van der Waals surface area contributed by atoms with E-state index in [1.165, 1.54) is 0 Å². The molecule has 2 aromatic carbocycles. The predicted molar refractivity (Wildman–Crippen MR) is 123 cm³/mol. The fraction of sp³-hybridized carbons (Fsp3) is 0.160. The van der Waals surface area contributed by atoms with Gasteiger partial charge in [-0.25, -0.2) is 0 Å². The number of benzene rings is 2. The molecule has 0 spiro atoms. The number of carbonyl (C=O) groups excluding carboxylic acids is 1. The Morgan fingerprint density at radius 2 is 1.84 bits per heavy atom. The molecule has 31 heavy (non-hydrogen) atoms. The molecule has 0 fully saturated rings. The lowest BCUT2D eigenvalue weighted by Gasteiger charge is -2.09. The molecular formula is C25H22ClN3O2. The lowest BCUT2D eigenvalue weighted by Crippen LogP contribution is -2.12. The molecule has 1 N–H and O–H groups in total. The number of nitrogens with zero attached hydrogens (tertiary/aromatic N) is 2. The Morgan fingerprint density at radius 3 is 2.61 bits per heavy atom. The molecule has 1 amide bonds. The van der Waals surface area contributed by atoms with Crippen LogP contribution in [0.15, 0.2) is 71.5 Å². The number of aryl methyl sites for hydroxylation is 2. The van der Waals surface area contributed by atoms with E-state index in [1.807, 2.05) is 48.5 Å². The predicted octanol–water partition coefficient (Wildman–Crippen LogP) is 6.25. The highest BCUT2D eigenvalue weighted by atomic mass is 35.5. The molecule has 5 nitrogen and oxygen atoms in total. The number of hydrogen-bond acceptors (Lipinski definition) is 4. The lowest BCUT2D eigenvalue weighted by molar-refractivity contribution is -0.116. The summed E-state index contributed by atoms with van der Waals surface area (Å²) in [5.74, 6) is 0.178. The molecule has 0 atom stereocenters. The van der Waals surface area contributed by atoms with Crippen LogP contribution in [0.25, 0.3) is 22.4 Å². The minimum absolute atomic E-state index is 0.154. The van der Waals surface area contributed by atoms with Gasteiger partial charge in [0, 0.05) is 29.4 Å². The van der Waals surface area contributed by atoms with Crippen LogP contribution in [0, 0.1) is 13.8 Å². The number of halogens is 1. The van der Waals surface area contributed by atoms with Crippen molar-refractivity contribution >= 4 is 23.4 Å². The minimum atomic E-state index is -0.154. The average molecular weight is 432 g/mol. The molecule has 4 rings (SSSR count). The van der Waals surface area contributed by atoms with Crippen LogP contribution in [0.3, 0.4) is 0 Å². The zero-order chi connectivity index (χ0) is 21.8. The molecule has 4 aromatic rings. The van der Waals surface area contributed by atoms with E-state index in [9.17, 15) is 4.79 Å². The second-order valence-corrected chi connectivity index (χ2v) is 7.83. The Bertz CT molecular complexity index is 1220. The second-order valence-electron chi connectivity index (χ2n) is 7.40. The van der Waals surface area contributed by atoms with Crippen molar-refractivity contribution in [2.75, 3.05) is 5.32 Å². The van der Waals surface area contributed by atoms with Crippen molar-refractivity contribution in [1.82, 2.24) is 10.1 Å². The maximum atomic E-state index is 12.7. The number of anilines is 1. The fourth-order valence-electron chi connectivity index (χ4n) is 3.49. The van der Waals surface area contributed by atoms with Crippen LogP contribution in [0.2, 0.25) is 5.02 Å². The standard InChI is InChI=1S/C25H22ClN3O2/c1-16-5-3-8-21(17(16)2)24-23(19-11-13-27-14-12-19)25(31-29-24)28-22(30)10-9-18-6-4-7-20(26)15-18/h3-8,11-15H,9-10H2,1-2H3,(H,28,30). The number of aromatic nitrogens is 2. The topological polar surface area (TPSA) is 68.0 Å². The normalized spacial score (nSPS) is 10.8. The Balaban J connectivity index is 1.64. The summed E-state index contributed by atoms with van der Waals surface area (Å²) in [6.07, 6.45) is 4.30. The molecular weight excluding hydrogens is 410 g/mol. The van der Waals surface area contributed by atoms with E-state index >= 15 is 0 Å². The Labute approximate surface area is 186 Å². The van der Waals surface area contributed by atoms with Gasteiger partial charge in [-0.15, -0.1) is 0 Å². The van der Waals surface area contributed by atoms with Crippen molar-refractivity contribution in [3.63, 3.8) is 0 Å². The first kappa shape index (κ1) is 20.8. The van der Waals surface area contributed by atoms with E-state index in [4.69, 9.17) is 16.1 Å². The minimum Gasteiger partial charge on any atom is -0.337 e. The first-order chi connectivity index (χ1) is 15.0. The Hall–Kier alpha value is -3.44. The largest absolute Gasteiger partial charge is 0.337 e. The van der Waals surface area contributed by atoms with E-state index in [0.29, 0.717) is 29.4 Å². The molecule has 2 aromatic heterocycles. The van der Waals surface area contributed by atoms with Gasteiger partial charge in [0.05, 0.1) is 5.56 Å². The summed E-state index contributed by atoms with van der Waals surface area (Å²) in [5.41, 5.74) is 6.56. The van der Waals surface area contributed by atoms with Gasteiger partial charge < -0.3 is 4.52 Å². The molecule has 0 aliphatic carbocycles. The number of pyridine rings is 1. The lowest BCUT2D eigenvalue weighted by atomic mass is 9.96. The molecule has 2 heterocycles. The van der Waals surface area contributed by atoms with Gasteiger partial charge >= 0.3 is 0 Å². The molecule has 0 bridgehead atoms. The summed E-state index contributed by atoms with van der Waals surface area (Å²) in [4.78, 5) is 16.8. The summed E-state index contributed by atoms with van der Waals surface area (Å²) in [6, 6.07) is 17.3. The van der Waals surface area contributed by atoms with Gasteiger partial charge in [0.15, 0.2) is 0 Å². The number of nitrogens with one attached hydrogen (secondary N) is 1. The summed E-state index contributed by atoms with van der Waals surface area (Å²) in [6.45, 7) is 4.11. The summed E-state index contributed by atoms with van der Waals surface area (Å²) < 4.78 is 5.62. The molecule has 0 aliphatic heterocycles. The second kappa shape index (κ2) is 9.14. The van der Waals surface area contributed by atoms with Gasteiger partial charge in [0.25, 0.3) is 0 Å². The van der Waals surface area contributed by atoms with Crippen molar-refractivity contribution in [3.05, 3.63) is 88.7 Å². The van der Waals surface area contributed by atoms with Crippen LogP contribution in [-0.4, -0.2) is 16.0 Å². The first-order valence-electron chi connectivity index (χ1n) is 10.0. The quantitative estimate of drug-likeness (QED) is 0.392. The van der Waals surface area contributed by atoms with E-state index in [-0.39, 0.29) is 5.91 Å². The highest BCUT2D eigenvalue weighted by Gasteiger charge is 2.22. The molecule has 6 heteroatoms. The maximum absolute atomic E-state index is 12.7. The van der Waals surface area contributed by atoms with Gasteiger partial charge in [0.1, 0.15) is 5.69 Å². The van der Waals surface area contributed by atoms with Crippen LogP contribution in [0.1, 0.15) is 23.1 Å². The first-order valence-corrected chi connectivity index (χ1v) is 10.4. The molecule has 0 unspecified atom stereocenters. The Morgan fingerprint density at radius 1 is 1.06 bits per heavy atom. The van der Waals surface area contributed by atoms with Crippen LogP contribution < -0.4 is 5.32 Å². The zero-order valence-electron chi connectivity index (χ0n) is 17.4. The molecule has 0 radical (unpaired) electrons. The average Bonchev–Trinajstić information content (AvgIpc) is 3.18. The van der Waals surface area contributed by atoms with Crippen LogP contribution in [0.5, 0.6) is 0 Å². The van der Waals surface area contributed by atoms with Gasteiger partial charge in [-0.3, -0.25) is 15.1 Å². The van der Waals surface area contributed by atoms with E-state index < -0.39 is 0 Å². The van der Waals surface area contributed by atoms with Crippen molar-refractivity contribution in [3.8, 4) is 22.4 Å². The van der Waals surface area contributed by atoms with Gasteiger partial charge in [-0.05, 0) is 66.8 Å². The van der Waals surface area contributed by atoms with E-state index in [0.717, 1.165) is 33.4 Å². The van der Waals surface area contributed by atoms with Crippen LogP contribution >= 0.6 is 11.6 Å². The van der Waals surface area contributed by atoms with Crippen LogP contribution in [-0.2, 0) is 11.2 Å². The van der Waals surface area contributed by atoms with E-state index in [1.54, 1.807) is 12.4 Å². The number of rotatable bonds is 6. The number of carbonyl (C=O) groups is 1. The molecule has 0 aliphatic rings. The summed E-state index contributed by atoms with van der Waals surface area (Å²) in [5, 5.41) is 7.88. The van der Waals surface area contributed by atoms with Gasteiger partial charge in [-0.2, -0.15) is 0 Å². The van der Waals surface area contributed by atoms with Crippen molar-refractivity contribution in [2.45, 2.75) is 26.7 Å². The smallest absolute Gasteiger partial charge is 0.239 e. The maximum Gasteiger partial charge on any atom is 0.239 e. The number of hydrogen-bond donors (Lipinski definition) is 1. The van der Waals surface area contributed by atoms with Crippen molar-refractivity contribution in [1.29, 1.82) is 0 Å². The highest BCUT2D eigenvalue weighted by Crippen LogP contribution is 2.39. The third-order valence-corrected chi connectivity index (χ3v) is 5.54. The van der Waals surface area contributed by atoms with Gasteiger partial charge in [-0.1, -0.05) is 47.1 Å². The fourth-order valence-corrected chi connectivity index (χ4v) is 3.71. The summed E-state index contributed by atoms with van der Waals surface area (Å²) in [7, 11) is 0. The third kappa shape index (κ3) is 4.67. The number of amides is 1. The van der Waals surface area contributed by atoms with Crippen molar-refractivity contribution < 1.29 is 9.32 Å². The molecule has 0 saturated heterocycles. The van der Waals surface area contributed by atoms with Gasteiger partial charge in [0.2, 0.25) is 11.8 Å². The molecule has 0 saturated carbocycles. The summed E-state index contributed by atoms with van der Waals surface area (Å²) >= 11 is 6.03. The highest BCUT2D eigenvalue weighted by molar-refractivity contribution is 6.30. The van der Waals surface area contributed by atoms with Crippen molar-refractivity contribution in [2.24, 2.45) is 0 Å². The van der Waals surface area contributed by atoms with E-state index in [2.05, 4.69) is 35.4 Å².